The number of thioether (sulfide) groups is 1. The zero-order valence-corrected chi connectivity index (χ0v) is 12.4. The van der Waals surface area contributed by atoms with Gasteiger partial charge in [-0.05, 0) is 13.0 Å². The number of benzene rings is 2. The Balaban J connectivity index is 1.87. The van der Waals surface area contributed by atoms with Crippen LogP contribution in [0.1, 0.15) is 17.3 Å². The summed E-state index contributed by atoms with van der Waals surface area (Å²) < 4.78 is 0. The third kappa shape index (κ3) is 2.95. The summed E-state index contributed by atoms with van der Waals surface area (Å²) in [4.78, 5) is 21.0. The molecule has 0 aliphatic carbocycles. The largest absolute Gasteiger partial charge is 0.293 e. The monoisotopic (exact) mass is 294 g/mol. The SMILES string of the molecule is C[C@@H](Sc1ncnc2ccccc12)C(=O)c1ccccc1. The molecule has 0 spiro atoms. The van der Waals surface area contributed by atoms with Crippen molar-refractivity contribution in [2.75, 3.05) is 0 Å². The first-order valence-corrected chi connectivity index (χ1v) is 7.59. The topological polar surface area (TPSA) is 42.9 Å². The maximum atomic E-state index is 12.4. The zero-order chi connectivity index (χ0) is 14.7. The zero-order valence-electron chi connectivity index (χ0n) is 11.6. The van der Waals surface area contributed by atoms with Crippen LogP contribution in [0.25, 0.3) is 10.9 Å². The van der Waals surface area contributed by atoms with Crippen LogP contribution >= 0.6 is 11.8 Å². The number of aromatic nitrogens is 2. The number of ketones is 1. The molecule has 0 radical (unpaired) electrons. The van der Waals surface area contributed by atoms with Gasteiger partial charge in [0.2, 0.25) is 0 Å². The summed E-state index contributed by atoms with van der Waals surface area (Å²) in [6.07, 6.45) is 1.55. The van der Waals surface area contributed by atoms with Gasteiger partial charge in [-0.25, -0.2) is 9.97 Å². The van der Waals surface area contributed by atoms with Crippen LogP contribution in [0.15, 0.2) is 66.0 Å². The van der Waals surface area contributed by atoms with E-state index in [0.717, 1.165) is 21.5 Å². The number of carbonyl (C=O) groups is 1. The summed E-state index contributed by atoms with van der Waals surface area (Å²) in [5.74, 6) is 0.114. The van der Waals surface area contributed by atoms with E-state index >= 15 is 0 Å². The summed E-state index contributed by atoms with van der Waals surface area (Å²) in [6.45, 7) is 1.91. The van der Waals surface area contributed by atoms with Gasteiger partial charge in [0.15, 0.2) is 5.78 Å². The highest BCUT2D eigenvalue weighted by Gasteiger charge is 2.18. The van der Waals surface area contributed by atoms with E-state index < -0.39 is 0 Å². The van der Waals surface area contributed by atoms with Crippen LogP contribution in [0.5, 0.6) is 0 Å². The predicted molar refractivity (Wildman–Crippen MR) is 85.6 cm³/mol. The minimum absolute atomic E-state index is 0.114. The molecule has 1 heterocycles. The summed E-state index contributed by atoms with van der Waals surface area (Å²) in [6, 6.07) is 17.2. The van der Waals surface area contributed by atoms with E-state index in [9.17, 15) is 4.79 Å². The molecule has 2 aromatic carbocycles. The van der Waals surface area contributed by atoms with E-state index in [0.29, 0.717) is 0 Å². The first kappa shape index (κ1) is 13.8. The maximum absolute atomic E-state index is 12.4. The van der Waals surface area contributed by atoms with Crippen molar-refractivity contribution in [2.45, 2.75) is 17.2 Å². The molecule has 0 aliphatic heterocycles. The fourth-order valence-electron chi connectivity index (χ4n) is 2.13. The lowest BCUT2D eigenvalue weighted by Gasteiger charge is -2.11. The molecule has 0 unspecified atom stereocenters. The molecule has 0 fully saturated rings. The molecule has 1 aromatic heterocycles. The fourth-order valence-corrected chi connectivity index (χ4v) is 3.12. The molecule has 21 heavy (non-hydrogen) atoms. The Bertz CT molecular complexity index is 769. The first-order chi connectivity index (χ1) is 10.3. The van der Waals surface area contributed by atoms with Crippen LogP contribution in [-0.2, 0) is 0 Å². The number of hydrogen-bond donors (Lipinski definition) is 0. The van der Waals surface area contributed by atoms with Crippen molar-refractivity contribution >= 4 is 28.4 Å². The van der Waals surface area contributed by atoms with Crippen molar-refractivity contribution in [3.63, 3.8) is 0 Å². The van der Waals surface area contributed by atoms with Crippen molar-refractivity contribution in [3.8, 4) is 0 Å². The van der Waals surface area contributed by atoms with Gasteiger partial charge in [-0.3, -0.25) is 4.79 Å². The minimum Gasteiger partial charge on any atom is -0.293 e. The molecule has 0 amide bonds. The van der Waals surface area contributed by atoms with Crippen molar-refractivity contribution in [1.82, 2.24) is 9.97 Å². The van der Waals surface area contributed by atoms with E-state index in [1.54, 1.807) is 6.33 Å². The van der Waals surface area contributed by atoms with Crippen LogP contribution in [0.3, 0.4) is 0 Å². The second kappa shape index (κ2) is 6.06. The maximum Gasteiger partial charge on any atom is 0.175 e. The molecule has 0 N–H and O–H groups in total. The minimum atomic E-state index is -0.189. The molecule has 0 saturated carbocycles. The van der Waals surface area contributed by atoms with Crippen molar-refractivity contribution in [2.24, 2.45) is 0 Å². The highest BCUT2D eigenvalue weighted by atomic mass is 32.2. The molecule has 0 bridgehead atoms. The number of nitrogens with zero attached hydrogens (tertiary/aromatic N) is 2. The molecule has 0 aliphatic rings. The van der Waals surface area contributed by atoms with Gasteiger partial charge in [-0.2, -0.15) is 0 Å². The number of carbonyl (C=O) groups excluding carboxylic acids is 1. The molecule has 104 valence electrons. The molecular formula is C17H14N2OS. The summed E-state index contributed by atoms with van der Waals surface area (Å²) in [5.41, 5.74) is 1.63. The quantitative estimate of drug-likeness (QED) is 0.414. The summed E-state index contributed by atoms with van der Waals surface area (Å²) in [7, 11) is 0. The number of rotatable bonds is 4. The Morgan fingerprint density at radius 1 is 1.00 bits per heavy atom. The molecule has 3 rings (SSSR count). The van der Waals surface area contributed by atoms with Gasteiger partial charge in [-0.1, -0.05) is 60.3 Å². The molecule has 3 aromatic rings. The Kier molecular flexibility index (Phi) is 3.97. The molecular weight excluding hydrogens is 280 g/mol. The average molecular weight is 294 g/mol. The molecule has 4 heteroatoms. The number of hydrogen-bond acceptors (Lipinski definition) is 4. The van der Waals surface area contributed by atoms with Crippen LogP contribution in [0.4, 0.5) is 0 Å². The van der Waals surface area contributed by atoms with Crippen LogP contribution in [0, 0.1) is 0 Å². The fraction of sp³-hybridized carbons (Fsp3) is 0.118. The van der Waals surface area contributed by atoms with E-state index in [-0.39, 0.29) is 11.0 Å². The third-order valence-corrected chi connectivity index (χ3v) is 4.34. The van der Waals surface area contributed by atoms with Crippen LogP contribution in [-0.4, -0.2) is 21.0 Å². The normalized spacial score (nSPS) is 12.2. The standard InChI is InChI=1S/C17H14N2OS/c1-12(16(20)13-7-3-2-4-8-13)21-17-14-9-5-6-10-15(14)18-11-19-17/h2-12H,1H3/t12-/m1/s1. The lowest BCUT2D eigenvalue weighted by Crippen LogP contribution is -2.13. The first-order valence-electron chi connectivity index (χ1n) is 6.71. The molecule has 3 nitrogen and oxygen atoms in total. The van der Waals surface area contributed by atoms with Gasteiger partial charge in [0.1, 0.15) is 11.4 Å². The Hall–Kier alpha value is -2.20. The van der Waals surface area contributed by atoms with Gasteiger partial charge in [0.25, 0.3) is 0 Å². The smallest absolute Gasteiger partial charge is 0.175 e. The van der Waals surface area contributed by atoms with Gasteiger partial charge in [0, 0.05) is 10.9 Å². The van der Waals surface area contributed by atoms with Crippen molar-refractivity contribution in [1.29, 1.82) is 0 Å². The summed E-state index contributed by atoms with van der Waals surface area (Å²) >= 11 is 1.48. The number of Topliss-reactive ketones (excluding diaryl/α,β-unsaturated/α-hetero) is 1. The van der Waals surface area contributed by atoms with Gasteiger partial charge in [-0.15, -0.1) is 0 Å². The van der Waals surface area contributed by atoms with E-state index in [4.69, 9.17) is 0 Å². The second-order valence-corrected chi connectivity index (χ2v) is 6.02. The predicted octanol–water partition coefficient (Wildman–Crippen LogP) is 3.99. The van der Waals surface area contributed by atoms with Crippen LogP contribution in [0.2, 0.25) is 0 Å². The molecule has 0 saturated heterocycles. The highest BCUT2D eigenvalue weighted by molar-refractivity contribution is 8.00. The number of fused-ring (bicyclic) bond motifs is 1. The Morgan fingerprint density at radius 3 is 2.52 bits per heavy atom. The second-order valence-electron chi connectivity index (χ2n) is 4.69. The average Bonchev–Trinajstić information content (AvgIpc) is 2.55. The van der Waals surface area contributed by atoms with Crippen molar-refractivity contribution in [3.05, 3.63) is 66.5 Å². The van der Waals surface area contributed by atoms with Gasteiger partial charge < -0.3 is 0 Å². The third-order valence-electron chi connectivity index (χ3n) is 3.22. The molecule has 1 atom stereocenters. The van der Waals surface area contributed by atoms with E-state index in [1.165, 1.54) is 11.8 Å². The lowest BCUT2D eigenvalue weighted by atomic mass is 10.1. The lowest BCUT2D eigenvalue weighted by molar-refractivity contribution is 0.0994. The van der Waals surface area contributed by atoms with Crippen molar-refractivity contribution < 1.29 is 4.79 Å². The van der Waals surface area contributed by atoms with Gasteiger partial charge in [0.05, 0.1) is 10.8 Å². The Labute approximate surface area is 127 Å². The van der Waals surface area contributed by atoms with E-state index in [2.05, 4.69) is 9.97 Å². The highest BCUT2D eigenvalue weighted by Crippen LogP contribution is 2.29. The Morgan fingerprint density at radius 2 is 1.71 bits per heavy atom. The van der Waals surface area contributed by atoms with Crippen LogP contribution < -0.4 is 0 Å². The van der Waals surface area contributed by atoms with E-state index in [1.807, 2.05) is 61.5 Å². The summed E-state index contributed by atoms with van der Waals surface area (Å²) in [5, 5.41) is 1.64. The number of para-hydroxylation sites is 1. The van der Waals surface area contributed by atoms with Gasteiger partial charge >= 0.3 is 0 Å².